The first kappa shape index (κ1) is 10.9. The van der Waals surface area contributed by atoms with E-state index in [1.54, 1.807) is 0 Å². The molecule has 2 unspecified atom stereocenters. The summed E-state index contributed by atoms with van der Waals surface area (Å²) in [5.41, 5.74) is 5.81. The van der Waals surface area contributed by atoms with Crippen LogP contribution in [-0.2, 0) is 4.79 Å². The van der Waals surface area contributed by atoms with Gasteiger partial charge in [-0.2, -0.15) is 0 Å². The maximum absolute atomic E-state index is 12.0. The third-order valence-corrected chi connectivity index (χ3v) is 3.89. The second-order valence-electron chi connectivity index (χ2n) is 5.76. The van der Waals surface area contributed by atoms with Gasteiger partial charge in [0.15, 0.2) is 0 Å². The van der Waals surface area contributed by atoms with Gasteiger partial charge in [0, 0.05) is 17.5 Å². The van der Waals surface area contributed by atoms with Gasteiger partial charge in [0.1, 0.15) is 0 Å². The highest BCUT2D eigenvalue weighted by atomic mass is 16.2. The molecule has 0 spiro atoms. The summed E-state index contributed by atoms with van der Waals surface area (Å²) < 4.78 is 0. The quantitative estimate of drug-likeness (QED) is 0.740. The van der Waals surface area contributed by atoms with Crippen molar-refractivity contribution in [3.8, 4) is 0 Å². The van der Waals surface area contributed by atoms with Crippen LogP contribution in [0.4, 0.5) is 0 Å². The number of amides is 1. The summed E-state index contributed by atoms with van der Waals surface area (Å²) in [6.07, 6.45) is 5.36. The lowest BCUT2D eigenvalue weighted by Crippen LogP contribution is -2.47. The first-order valence-corrected chi connectivity index (χ1v) is 6.06. The van der Waals surface area contributed by atoms with Crippen molar-refractivity contribution in [2.45, 2.75) is 57.5 Å². The largest absolute Gasteiger partial charge is 0.351 e. The molecule has 0 radical (unpaired) electrons. The van der Waals surface area contributed by atoms with Crippen molar-refractivity contribution in [3.63, 3.8) is 0 Å². The van der Waals surface area contributed by atoms with E-state index >= 15 is 0 Å². The summed E-state index contributed by atoms with van der Waals surface area (Å²) >= 11 is 0. The number of nitrogens with one attached hydrogen (secondary N) is 1. The average molecular weight is 210 g/mol. The Morgan fingerprint density at radius 1 is 1.27 bits per heavy atom. The van der Waals surface area contributed by atoms with Crippen LogP contribution in [0.15, 0.2) is 0 Å². The SMILES string of the molecule is CC(C)(NC(=O)C1CCC(N)C1)C1CC1. The molecule has 0 saturated heterocycles. The zero-order valence-electron chi connectivity index (χ0n) is 9.75. The second kappa shape index (κ2) is 3.78. The van der Waals surface area contributed by atoms with E-state index in [0.717, 1.165) is 19.3 Å². The molecule has 2 rings (SSSR count). The van der Waals surface area contributed by atoms with Crippen molar-refractivity contribution < 1.29 is 4.79 Å². The standard InChI is InChI=1S/C12H22N2O/c1-12(2,9-4-5-9)14-11(15)8-3-6-10(13)7-8/h8-10H,3-7,13H2,1-2H3,(H,14,15). The average Bonchev–Trinajstić information content (AvgIpc) is 2.89. The molecule has 0 aliphatic heterocycles. The van der Waals surface area contributed by atoms with Crippen LogP contribution in [0.1, 0.15) is 46.0 Å². The number of hydrogen-bond acceptors (Lipinski definition) is 2. The zero-order chi connectivity index (χ0) is 11.1. The molecule has 0 heterocycles. The molecule has 2 saturated carbocycles. The van der Waals surface area contributed by atoms with Crippen LogP contribution in [0.5, 0.6) is 0 Å². The van der Waals surface area contributed by atoms with Gasteiger partial charge < -0.3 is 11.1 Å². The molecule has 0 aromatic rings. The van der Waals surface area contributed by atoms with Crippen molar-refractivity contribution in [1.82, 2.24) is 5.32 Å². The molecule has 2 aliphatic carbocycles. The lowest BCUT2D eigenvalue weighted by atomic mass is 9.96. The Hall–Kier alpha value is -0.570. The minimum absolute atomic E-state index is 0.0102. The van der Waals surface area contributed by atoms with Crippen LogP contribution in [0.3, 0.4) is 0 Å². The van der Waals surface area contributed by atoms with Crippen molar-refractivity contribution in [1.29, 1.82) is 0 Å². The highest BCUT2D eigenvalue weighted by Gasteiger charge is 2.40. The fourth-order valence-corrected chi connectivity index (χ4v) is 2.58. The molecule has 0 aromatic carbocycles. The summed E-state index contributed by atoms with van der Waals surface area (Å²) in [6.45, 7) is 4.27. The van der Waals surface area contributed by atoms with Crippen LogP contribution in [-0.4, -0.2) is 17.5 Å². The fraction of sp³-hybridized carbons (Fsp3) is 0.917. The predicted molar refractivity (Wildman–Crippen MR) is 60.3 cm³/mol. The van der Waals surface area contributed by atoms with E-state index in [-0.39, 0.29) is 23.4 Å². The van der Waals surface area contributed by atoms with E-state index in [0.29, 0.717) is 5.92 Å². The molecule has 0 bridgehead atoms. The molecule has 2 fully saturated rings. The molecule has 3 nitrogen and oxygen atoms in total. The lowest BCUT2D eigenvalue weighted by Gasteiger charge is -2.27. The van der Waals surface area contributed by atoms with E-state index in [4.69, 9.17) is 5.73 Å². The van der Waals surface area contributed by atoms with Crippen LogP contribution >= 0.6 is 0 Å². The summed E-state index contributed by atoms with van der Waals surface area (Å²) in [7, 11) is 0. The number of carbonyl (C=O) groups is 1. The van der Waals surface area contributed by atoms with Gasteiger partial charge in [0.2, 0.25) is 5.91 Å². The molecule has 86 valence electrons. The third-order valence-electron chi connectivity index (χ3n) is 3.89. The minimum atomic E-state index is -0.0102. The molecule has 2 aliphatic rings. The minimum Gasteiger partial charge on any atom is -0.351 e. The molecule has 1 amide bonds. The number of nitrogens with two attached hydrogens (primary N) is 1. The third kappa shape index (κ3) is 2.51. The molecule has 0 aromatic heterocycles. The number of rotatable bonds is 3. The maximum Gasteiger partial charge on any atom is 0.223 e. The normalized spacial score (nSPS) is 31.7. The van der Waals surface area contributed by atoms with Gasteiger partial charge in [-0.05, 0) is 51.9 Å². The Kier molecular flexibility index (Phi) is 2.75. The molecular formula is C12H22N2O. The number of carbonyl (C=O) groups excluding carboxylic acids is 1. The van der Waals surface area contributed by atoms with Gasteiger partial charge in [-0.25, -0.2) is 0 Å². The fourth-order valence-electron chi connectivity index (χ4n) is 2.58. The van der Waals surface area contributed by atoms with Gasteiger partial charge in [0.25, 0.3) is 0 Å². The van der Waals surface area contributed by atoms with E-state index < -0.39 is 0 Å². The summed E-state index contributed by atoms with van der Waals surface area (Å²) in [5.74, 6) is 1.08. The summed E-state index contributed by atoms with van der Waals surface area (Å²) in [4.78, 5) is 12.0. The highest BCUT2D eigenvalue weighted by Crippen LogP contribution is 2.39. The van der Waals surface area contributed by atoms with E-state index in [1.165, 1.54) is 12.8 Å². The van der Waals surface area contributed by atoms with Crippen LogP contribution < -0.4 is 11.1 Å². The molecular weight excluding hydrogens is 188 g/mol. The highest BCUT2D eigenvalue weighted by molar-refractivity contribution is 5.79. The Morgan fingerprint density at radius 3 is 2.40 bits per heavy atom. The molecule has 2 atom stereocenters. The van der Waals surface area contributed by atoms with Crippen LogP contribution in [0.25, 0.3) is 0 Å². The Morgan fingerprint density at radius 2 is 1.93 bits per heavy atom. The smallest absolute Gasteiger partial charge is 0.223 e. The molecule has 15 heavy (non-hydrogen) atoms. The van der Waals surface area contributed by atoms with Crippen LogP contribution in [0.2, 0.25) is 0 Å². The summed E-state index contributed by atoms with van der Waals surface area (Å²) in [5, 5.41) is 3.19. The Labute approximate surface area is 91.8 Å². The van der Waals surface area contributed by atoms with Gasteiger partial charge in [-0.1, -0.05) is 0 Å². The molecule has 3 heteroatoms. The van der Waals surface area contributed by atoms with Crippen molar-refractivity contribution in [2.24, 2.45) is 17.6 Å². The van der Waals surface area contributed by atoms with Crippen molar-refractivity contribution >= 4 is 5.91 Å². The van der Waals surface area contributed by atoms with Crippen molar-refractivity contribution in [2.75, 3.05) is 0 Å². The Bertz CT molecular complexity index is 258. The van der Waals surface area contributed by atoms with E-state index in [2.05, 4.69) is 19.2 Å². The topological polar surface area (TPSA) is 55.1 Å². The predicted octanol–water partition coefficient (Wildman–Crippen LogP) is 1.42. The van der Waals surface area contributed by atoms with Gasteiger partial charge >= 0.3 is 0 Å². The van der Waals surface area contributed by atoms with E-state index in [9.17, 15) is 4.79 Å². The zero-order valence-corrected chi connectivity index (χ0v) is 9.75. The first-order valence-electron chi connectivity index (χ1n) is 6.06. The monoisotopic (exact) mass is 210 g/mol. The van der Waals surface area contributed by atoms with Crippen molar-refractivity contribution in [3.05, 3.63) is 0 Å². The van der Waals surface area contributed by atoms with Gasteiger partial charge in [0.05, 0.1) is 0 Å². The second-order valence-corrected chi connectivity index (χ2v) is 5.76. The Balaban J connectivity index is 1.86. The summed E-state index contributed by atoms with van der Waals surface area (Å²) in [6, 6.07) is 0.241. The molecule has 3 N–H and O–H groups in total. The maximum atomic E-state index is 12.0. The van der Waals surface area contributed by atoms with Crippen LogP contribution in [0, 0.1) is 11.8 Å². The van der Waals surface area contributed by atoms with Gasteiger partial charge in [-0.3, -0.25) is 4.79 Å². The van der Waals surface area contributed by atoms with E-state index in [1.807, 2.05) is 0 Å². The first-order chi connectivity index (χ1) is 6.99. The lowest BCUT2D eigenvalue weighted by molar-refractivity contribution is -0.126. The van der Waals surface area contributed by atoms with Gasteiger partial charge in [-0.15, -0.1) is 0 Å². The number of hydrogen-bond donors (Lipinski definition) is 2.